The maximum atomic E-state index is 12.6. The number of benzene rings is 1. The average Bonchev–Trinajstić information content (AvgIpc) is 2.81. The molecule has 6 heteroatoms. The molecular weight excluding hydrogens is 260 g/mol. The van der Waals surface area contributed by atoms with Gasteiger partial charge >= 0.3 is 5.97 Å². The van der Waals surface area contributed by atoms with Crippen LogP contribution >= 0.6 is 0 Å². The van der Waals surface area contributed by atoms with Crippen LogP contribution in [0, 0.1) is 0 Å². The van der Waals surface area contributed by atoms with Crippen LogP contribution in [-0.4, -0.2) is 41.1 Å². The van der Waals surface area contributed by atoms with E-state index in [0.717, 1.165) is 0 Å². The zero-order chi connectivity index (χ0) is 14.9. The number of methoxy groups -OCH3 is 1. The highest BCUT2D eigenvalue weighted by molar-refractivity contribution is 6.00. The predicted octanol–water partition coefficient (Wildman–Crippen LogP) is 1.36. The van der Waals surface area contributed by atoms with Gasteiger partial charge in [-0.05, 0) is 31.9 Å². The van der Waals surface area contributed by atoms with Gasteiger partial charge in [0.1, 0.15) is 11.3 Å². The van der Waals surface area contributed by atoms with Crippen LogP contribution in [0.1, 0.15) is 30.1 Å². The topological polar surface area (TPSA) is 92.9 Å². The van der Waals surface area contributed by atoms with Gasteiger partial charge in [-0.25, -0.2) is 4.79 Å². The van der Waals surface area contributed by atoms with Gasteiger partial charge in [-0.1, -0.05) is 0 Å². The molecule has 1 aromatic rings. The van der Waals surface area contributed by atoms with E-state index in [2.05, 4.69) is 0 Å². The van der Waals surface area contributed by atoms with Crippen molar-refractivity contribution in [2.45, 2.75) is 25.3 Å². The van der Waals surface area contributed by atoms with Crippen LogP contribution in [0.4, 0.5) is 5.69 Å². The summed E-state index contributed by atoms with van der Waals surface area (Å²) in [4.78, 5) is 25.4. The van der Waals surface area contributed by atoms with E-state index >= 15 is 0 Å². The largest absolute Gasteiger partial charge is 0.496 e. The molecule has 1 unspecified atom stereocenters. The van der Waals surface area contributed by atoms with Gasteiger partial charge in [0, 0.05) is 18.3 Å². The summed E-state index contributed by atoms with van der Waals surface area (Å²) in [5.74, 6) is -0.975. The number of carboxylic acids is 1. The first-order chi connectivity index (χ1) is 9.40. The normalized spacial score (nSPS) is 21.8. The molecule has 0 aliphatic carbocycles. The Morgan fingerprint density at radius 1 is 1.45 bits per heavy atom. The number of carboxylic acid groups (broad SMARTS) is 1. The lowest BCUT2D eigenvalue weighted by Crippen LogP contribution is -2.50. The van der Waals surface area contributed by atoms with Crippen molar-refractivity contribution in [1.82, 2.24) is 4.90 Å². The summed E-state index contributed by atoms with van der Waals surface area (Å²) in [6.07, 6.45) is 1.12. The van der Waals surface area contributed by atoms with E-state index in [9.17, 15) is 14.7 Å². The molecule has 1 aromatic carbocycles. The minimum absolute atomic E-state index is 0.330. The number of aliphatic carboxylic acids is 1. The van der Waals surface area contributed by atoms with E-state index in [1.807, 2.05) is 0 Å². The van der Waals surface area contributed by atoms with Crippen LogP contribution < -0.4 is 10.5 Å². The van der Waals surface area contributed by atoms with E-state index < -0.39 is 11.5 Å². The summed E-state index contributed by atoms with van der Waals surface area (Å²) in [6, 6.07) is 4.72. The van der Waals surface area contributed by atoms with E-state index in [-0.39, 0.29) is 5.91 Å². The first-order valence-corrected chi connectivity index (χ1v) is 6.39. The Labute approximate surface area is 117 Å². The summed E-state index contributed by atoms with van der Waals surface area (Å²) in [5, 5.41) is 9.36. The zero-order valence-electron chi connectivity index (χ0n) is 11.5. The Hall–Kier alpha value is -2.24. The Morgan fingerprint density at radius 2 is 2.15 bits per heavy atom. The molecule has 108 valence electrons. The number of nitrogen functional groups attached to an aromatic ring is 1. The molecule has 2 rings (SSSR count). The van der Waals surface area contributed by atoms with Crippen molar-refractivity contribution >= 4 is 17.6 Å². The third-order valence-electron chi connectivity index (χ3n) is 3.80. The second kappa shape index (κ2) is 5.03. The first-order valence-electron chi connectivity index (χ1n) is 6.39. The first kappa shape index (κ1) is 14.2. The second-order valence-electron chi connectivity index (χ2n) is 5.10. The molecule has 1 atom stereocenters. The fourth-order valence-corrected chi connectivity index (χ4v) is 2.54. The Balaban J connectivity index is 2.39. The molecular formula is C14H18N2O4. The highest BCUT2D eigenvalue weighted by Crippen LogP contribution is 2.33. The fraction of sp³-hybridized carbons (Fsp3) is 0.429. The summed E-state index contributed by atoms with van der Waals surface area (Å²) < 4.78 is 5.16. The van der Waals surface area contributed by atoms with Crippen LogP contribution in [0.5, 0.6) is 5.75 Å². The minimum atomic E-state index is -1.16. The van der Waals surface area contributed by atoms with Crippen LogP contribution in [0.15, 0.2) is 18.2 Å². The molecule has 6 nitrogen and oxygen atoms in total. The van der Waals surface area contributed by atoms with Crippen LogP contribution in [0.3, 0.4) is 0 Å². The Bertz CT molecular complexity index is 558. The summed E-state index contributed by atoms with van der Waals surface area (Å²) in [7, 11) is 1.45. The summed E-state index contributed by atoms with van der Waals surface area (Å²) in [6.45, 7) is 2.00. The minimum Gasteiger partial charge on any atom is -0.496 e. The Kier molecular flexibility index (Phi) is 3.57. The van der Waals surface area contributed by atoms with Crippen molar-refractivity contribution in [2.75, 3.05) is 19.4 Å². The standard InChI is InChI=1S/C14H18N2O4/c1-14(13(18)19)6-3-7-16(14)12(17)10-5-4-9(15)8-11(10)20-2/h4-5,8H,3,6-7,15H2,1-2H3,(H,18,19). The molecule has 0 aromatic heterocycles. The molecule has 1 fully saturated rings. The smallest absolute Gasteiger partial charge is 0.329 e. The predicted molar refractivity (Wildman–Crippen MR) is 73.7 cm³/mol. The second-order valence-corrected chi connectivity index (χ2v) is 5.10. The van der Waals surface area contributed by atoms with Gasteiger partial charge in [0.2, 0.25) is 0 Å². The highest BCUT2D eigenvalue weighted by atomic mass is 16.5. The quantitative estimate of drug-likeness (QED) is 0.814. The number of carbonyl (C=O) groups excluding carboxylic acids is 1. The lowest BCUT2D eigenvalue weighted by atomic mass is 9.98. The van der Waals surface area contributed by atoms with Crippen molar-refractivity contribution in [1.29, 1.82) is 0 Å². The van der Waals surface area contributed by atoms with Crippen molar-refractivity contribution in [3.63, 3.8) is 0 Å². The molecule has 1 aliphatic rings. The molecule has 0 radical (unpaired) electrons. The number of nitrogens with zero attached hydrogens (tertiary/aromatic N) is 1. The lowest BCUT2D eigenvalue weighted by Gasteiger charge is -2.31. The van der Waals surface area contributed by atoms with Gasteiger partial charge in [-0.2, -0.15) is 0 Å². The highest BCUT2D eigenvalue weighted by Gasteiger charge is 2.46. The molecule has 20 heavy (non-hydrogen) atoms. The SMILES string of the molecule is COc1cc(N)ccc1C(=O)N1CCCC1(C)C(=O)O. The number of hydrogen-bond donors (Lipinski definition) is 2. The van der Waals surface area contributed by atoms with Crippen molar-refractivity contribution in [3.8, 4) is 5.75 Å². The fourth-order valence-electron chi connectivity index (χ4n) is 2.54. The number of likely N-dealkylation sites (tertiary alicyclic amines) is 1. The van der Waals surface area contributed by atoms with Gasteiger partial charge in [0.05, 0.1) is 12.7 Å². The maximum Gasteiger partial charge on any atom is 0.329 e. The van der Waals surface area contributed by atoms with Crippen molar-refractivity contribution < 1.29 is 19.4 Å². The number of amides is 1. The molecule has 0 saturated carbocycles. The molecule has 3 N–H and O–H groups in total. The zero-order valence-corrected chi connectivity index (χ0v) is 11.5. The third-order valence-corrected chi connectivity index (χ3v) is 3.80. The molecule has 1 heterocycles. The number of nitrogens with two attached hydrogens (primary N) is 1. The van der Waals surface area contributed by atoms with Gasteiger partial charge in [-0.15, -0.1) is 0 Å². The molecule has 0 bridgehead atoms. The summed E-state index contributed by atoms with van der Waals surface area (Å²) >= 11 is 0. The van der Waals surface area contributed by atoms with Crippen LogP contribution in [0.2, 0.25) is 0 Å². The maximum absolute atomic E-state index is 12.6. The molecule has 0 spiro atoms. The monoisotopic (exact) mass is 278 g/mol. The van der Waals surface area contributed by atoms with E-state index in [1.165, 1.54) is 12.0 Å². The van der Waals surface area contributed by atoms with Gasteiger partial charge in [0.25, 0.3) is 5.91 Å². The van der Waals surface area contributed by atoms with Crippen LogP contribution in [0.25, 0.3) is 0 Å². The van der Waals surface area contributed by atoms with E-state index in [4.69, 9.17) is 10.5 Å². The number of ether oxygens (including phenoxy) is 1. The average molecular weight is 278 g/mol. The van der Waals surface area contributed by atoms with Gasteiger partial charge in [0.15, 0.2) is 0 Å². The number of carbonyl (C=O) groups is 2. The number of hydrogen-bond acceptors (Lipinski definition) is 4. The van der Waals surface area contributed by atoms with Gasteiger partial charge in [-0.3, -0.25) is 4.79 Å². The van der Waals surface area contributed by atoms with Gasteiger partial charge < -0.3 is 20.5 Å². The molecule has 1 aliphatic heterocycles. The van der Waals surface area contributed by atoms with Crippen LogP contribution in [-0.2, 0) is 4.79 Å². The Morgan fingerprint density at radius 3 is 2.75 bits per heavy atom. The number of rotatable bonds is 3. The van der Waals surface area contributed by atoms with E-state index in [1.54, 1.807) is 25.1 Å². The molecule has 1 amide bonds. The van der Waals surface area contributed by atoms with Crippen molar-refractivity contribution in [2.24, 2.45) is 0 Å². The van der Waals surface area contributed by atoms with E-state index in [0.29, 0.717) is 36.4 Å². The summed E-state index contributed by atoms with van der Waals surface area (Å²) in [5.41, 5.74) is 5.31. The molecule has 1 saturated heterocycles. The van der Waals surface area contributed by atoms with Crippen molar-refractivity contribution in [3.05, 3.63) is 23.8 Å². The third kappa shape index (κ3) is 2.17. The number of anilines is 1. The lowest BCUT2D eigenvalue weighted by molar-refractivity contribution is -0.147.